The van der Waals surface area contributed by atoms with Crippen molar-refractivity contribution < 1.29 is 13.2 Å². The average molecular weight is 353 g/mol. The van der Waals surface area contributed by atoms with E-state index in [9.17, 15) is 13.2 Å². The molecule has 0 spiro atoms. The maximum absolute atomic E-state index is 12.3. The normalized spacial score (nSPS) is 11.3. The highest BCUT2D eigenvalue weighted by Crippen LogP contribution is 2.16. The SMILES string of the molecule is Cc1ccc(C)c(S(=O)(=O)NCC(=O)Nc2ccc(Cl)cc2)c1. The summed E-state index contributed by atoms with van der Waals surface area (Å²) in [6.45, 7) is 3.17. The molecule has 1 amide bonds. The van der Waals surface area contributed by atoms with Crippen molar-refractivity contribution in [2.45, 2.75) is 18.7 Å². The first-order valence-corrected chi connectivity index (χ1v) is 8.76. The minimum atomic E-state index is -3.74. The summed E-state index contributed by atoms with van der Waals surface area (Å²) in [6, 6.07) is 11.7. The van der Waals surface area contributed by atoms with E-state index in [1.807, 2.05) is 13.0 Å². The largest absolute Gasteiger partial charge is 0.325 e. The summed E-state index contributed by atoms with van der Waals surface area (Å²) >= 11 is 5.76. The Kier molecular flexibility index (Phi) is 5.41. The van der Waals surface area contributed by atoms with Crippen molar-refractivity contribution in [3.8, 4) is 0 Å². The topological polar surface area (TPSA) is 75.3 Å². The standard InChI is InChI=1S/C16H17ClN2O3S/c1-11-3-4-12(2)15(9-11)23(21,22)18-10-16(20)19-14-7-5-13(17)6-8-14/h3-9,18H,10H2,1-2H3,(H,19,20). The second-order valence-corrected chi connectivity index (χ2v) is 7.32. The third-order valence-electron chi connectivity index (χ3n) is 3.18. The zero-order valence-corrected chi connectivity index (χ0v) is 14.3. The maximum atomic E-state index is 12.3. The maximum Gasteiger partial charge on any atom is 0.241 e. The van der Waals surface area contributed by atoms with Crippen LogP contribution in [0.25, 0.3) is 0 Å². The first-order chi connectivity index (χ1) is 10.8. The zero-order valence-electron chi connectivity index (χ0n) is 12.8. The van der Waals surface area contributed by atoms with E-state index in [0.717, 1.165) is 5.56 Å². The van der Waals surface area contributed by atoms with Gasteiger partial charge in [0.1, 0.15) is 0 Å². The molecule has 2 aromatic carbocycles. The molecule has 0 heterocycles. The fourth-order valence-corrected chi connectivity index (χ4v) is 3.41. The van der Waals surface area contributed by atoms with E-state index in [1.165, 1.54) is 0 Å². The molecule has 2 rings (SSSR count). The lowest BCUT2D eigenvalue weighted by Crippen LogP contribution is -2.33. The van der Waals surface area contributed by atoms with Gasteiger partial charge >= 0.3 is 0 Å². The molecule has 0 aliphatic rings. The van der Waals surface area contributed by atoms with Crippen molar-refractivity contribution in [3.63, 3.8) is 0 Å². The molecular formula is C16H17ClN2O3S. The van der Waals surface area contributed by atoms with E-state index in [1.54, 1.807) is 43.3 Å². The molecule has 0 atom stereocenters. The van der Waals surface area contributed by atoms with Gasteiger partial charge < -0.3 is 5.32 Å². The van der Waals surface area contributed by atoms with Crippen molar-refractivity contribution >= 4 is 33.2 Å². The summed E-state index contributed by atoms with van der Waals surface area (Å²) in [4.78, 5) is 12.0. The molecule has 5 nitrogen and oxygen atoms in total. The van der Waals surface area contributed by atoms with Crippen LogP contribution in [0.4, 0.5) is 5.69 Å². The monoisotopic (exact) mass is 352 g/mol. The summed E-state index contributed by atoms with van der Waals surface area (Å²) in [5, 5.41) is 3.15. The van der Waals surface area contributed by atoms with Gasteiger partial charge in [0.25, 0.3) is 0 Å². The highest BCUT2D eigenvalue weighted by molar-refractivity contribution is 7.89. The Balaban J connectivity index is 2.02. The number of hydrogen-bond acceptors (Lipinski definition) is 3. The lowest BCUT2D eigenvalue weighted by molar-refractivity contribution is -0.115. The van der Waals surface area contributed by atoms with Crippen molar-refractivity contribution in [1.82, 2.24) is 4.72 Å². The first kappa shape index (κ1) is 17.5. The average Bonchev–Trinajstić information content (AvgIpc) is 2.50. The number of benzene rings is 2. The van der Waals surface area contributed by atoms with Crippen LogP contribution in [-0.2, 0) is 14.8 Å². The molecule has 0 aliphatic carbocycles. The minimum absolute atomic E-state index is 0.178. The van der Waals surface area contributed by atoms with Crippen LogP contribution in [0, 0.1) is 13.8 Å². The second kappa shape index (κ2) is 7.12. The van der Waals surface area contributed by atoms with E-state index in [-0.39, 0.29) is 11.4 Å². The predicted molar refractivity (Wildman–Crippen MR) is 91.2 cm³/mol. The van der Waals surface area contributed by atoms with E-state index >= 15 is 0 Å². The first-order valence-electron chi connectivity index (χ1n) is 6.90. The molecule has 122 valence electrons. The number of halogens is 1. The van der Waals surface area contributed by atoms with Gasteiger partial charge in [-0.2, -0.15) is 0 Å². The van der Waals surface area contributed by atoms with Gasteiger partial charge in [0.05, 0.1) is 11.4 Å². The molecular weight excluding hydrogens is 336 g/mol. The Morgan fingerprint density at radius 2 is 1.74 bits per heavy atom. The smallest absolute Gasteiger partial charge is 0.241 e. The van der Waals surface area contributed by atoms with Gasteiger partial charge in [-0.05, 0) is 55.3 Å². The van der Waals surface area contributed by atoms with Crippen molar-refractivity contribution in [1.29, 1.82) is 0 Å². The molecule has 0 bridgehead atoms. The second-order valence-electron chi connectivity index (χ2n) is 5.15. The van der Waals surface area contributed by atoms with Crippen LogP contribution in [0.1, 0.15) is 11.1 Å². The molecule has 0 saturated carbocycles. The fourth-order valence-electron chi connectivity index (χ4n) is 1.97. The molecule has 0 fully saturated rings. The Bertz CT molecular complexity index is 818. The highest BCUT2D eigenvalue weighted by Gasteiger charge is 2.18. The van der Waals surface area contributed by atoms with Gasteiger partial charge in [-0.1, -0.05) is 23.7 Å². The number of sulfonamides is 1. The summed E-state index contributed by atoms with van der Waals surface area (Å²) in [5.41, 5.74) is 2.01. The predicted octanol–water partition coefficient (Wildman–Crippen LogP) is 2.87. The molecule has 0 saturated heterocycles. The van der Waals surface area contributed by atoms with Crippen molar-refractivity contribution in [2.24, 2.45) is 0 Å². The van der Waals surface area contributed by atoms with Crippen LogP contribution >= 0.6 is 11.6 Å². The molecule has 0 radical (unpaired) electrons. The molecule has 23 heavy (non-hydrogen) atoms. The van der Waals surface area contributed by atoms with Crippen LogP contribution in [-0.4, -0.2) is 20.9 Å². The van der Waals surface area contributed by atoms with Crippen molar-refractivity contribution in [3.05, 3.63) is 58.6 Å². The number of rotatable bonds is 5. The minimum Gasteiger partial charge on any atom is -0.325 e. The van der Waals surface area contributed by atoms with Gasteiger partial charge in [-0.25, -0.2) is 13.1 Å². The Morgan fingerprint density at radius 1 is 1.09 bits per heavy atom. The van der Waals surface area contributed by atoms with Crippen LogP contribution in [0.15, 0.2) is 47.4 Å². The lowest BCUT2D eigenvalue weighted by atomic mass is 10.2. The fraction of sp³-hybridized carbons (Fsp3) is 0.188. The third-order valence-corrected chi connectivity index (χ3v) is 4.98. The quantitative estimate of drug-likeness (QED) is 0.868. The number of hydrogen-bond donors (Lipinski definition) is 2. The number of carbonyl (C=O) groups is 1. The van der Waals surface area contributed by atoms with Crippen LogP contribution in [0.2, 0.25) is 5.02 Å². The lowest BCUT2D eigenvalue weighted by Gasteiger charge is -2.10. The molecule has 0 aliphatic heterocycles. The van der Waals surface area contributed by atoms with E-state index in [2.05, 4.69) is 10.0 Å². The number of nitrogens with one attached hydrogen (secondary N) is 2. The summed E-state index contributed by atoms with van der Waals surface area (Å²) in [7, 11) is -3.74. The highest BCUT2D eigenvalue weighted by atomic mass is 35.5. The molecule has 2 N–H and O–H groups in total. The number of anilines is 1. The van der Waals surface area contributed by atoms with Gasteiger partial charge in [-0.15, -0.1) is 0 Å². The number of carbonyl (C=O) groups excluding carboxylic acids is 1. The van der Waals surface area contributed by atoms with Gasteiger partial charge in [-0.3, -0.25) is 4.79 Å². The number of amides is 1. The molecule has 0 unspecified atom stereocenters. The van der Waals surface area contributed by atoms with Gasteiger partial charge in [0.15, 0.2) is 0 Å². The molecule has 0 aromatic heterocycles. The summed E-state index contributed by atoms with van der Waals surface area (Å²) in [5.74, 6) is -0.457. The van der Waals surface area contributed by atoms with Crippen LogP contribution in [0.3, 0.4) is 0 Å². The Labute approximate surface area is 140 Å². The van der Waals surface area contributed by atoms with E-state index in [0.29, 0.717) is 16.3 Å². The molecule has 7 heteroatoms. The Morgan fingerprint density at radius 3 is 2.39 bits per heavy atom. The van der Waals surface area contributed by atoms with Gasteiger partial charge in [0.2, 0.25) is 15.9 Å². The molecule has 2 aromatic rings. The Hall–Kier alpha value is -1.89. The summed E-state index contributed by atoms with van der Waals surface area (Å²) < 4.78 is 26.9. The van der Waals surface area contributed by atoms with Gasteiger partial charge in [0, 0.05) is 10.7 Å². The van der Waals surface area contributed by atoms with Crippen LogP contribution in [0.5, 0.6) is 0 Å². The number of aryl methyl sites for hydroxylation is 2. The summed E-state index contributed by atoms with van der Waals surface area (Å²) in [6.07, 6.45) is 0. The van der Waals surface area contributed by atoms with Crippen LogP contribution < -0.4 is 10.0 Å². The zero-order chi connectivity index (χ0) is 17.0. The van der Waals surface area contributed by atoms with E-state index < -0.39 is 15.9 Å². The van der Waals surface area contributed by atoms with E-state index in [4.69, 9.17) is 11.6 Å². The van der Waals surface area contributed by atoms with Crippen molar-refractivity contribution in [2.75, 3.05) is 11.9 Å². The third kappa shape index (κ3) is 4.79.